The zero-order valence-corrected chi connectivity index (χ0v) is 20.1. The predicted molar refractivity (Wildman–Crippen MR) is 131 cm³/mol. The summed E-state index contributed by atoms with van der Waals surface area (Å²) in [6.07, 6.45) is 4.30. The van der Waals surface area contributed by atoms with Crippen LogP contribution in [0.2, 0.25) is 0 Å². The molecule has 0 unspecified atom stereocenters. The Labute approximate surface area is 208 Å². The number of likely N-dealkylation sites (tertiary alicyclic amines) is 1. The number of imidazole rings is 1. The van der Waals surface area contributed by atoms with Gasteiger partial charge in [-0.25, -0.2) is 9.37 Å². The average molecular weight is 493 g/mol. The summed E-state index contributed by atoms with van der Waals surface area (Å²) in [6.45, 7) is 0.301. The van der Waals surface area contributed by atoms with Crippen LogP contribution in [0.3, 0.4) is 0 Å². The number of aryl methyl sites for hydroxylation is 1. The van der Waals surface area contributed by atoms with Crippen molar-refractivity contribution < 1.29 is 23.5 Å². The summed E-state index contributed by atoms with van der Waals surface area (Å²) >= 11 is 0. The van der Waals surface area contributed by atoms with Gasteiger partial charge in [-0.15, -0.1) is 0 Å². The largest absolute Gasteiger partial charge is 0.490 e. The summed E-state index contributed by atoms with van der Waals surface area (Å²) in [5.74, 6) is 0.228. The number of amides is 2. The van der Waals surface area contributed by atoms with E-state index in [1.807, 2.05) is 37.5 Å². The van der Waals surface area contributed by atoms with Gasteiger partial charge in [0, 0.05) is 31.8 Å². The molecule has 2 aliphatic rings. The standard InChI is InChI=1S/C27H29FN4O4/c1-31-15-23(30-16-31)18-4-9-24(21(13-18)27(29)34)36-25-10-11-32(14-22(25)28)26(33)12-17-2-5-19(6-3-17)35-20-7-8-20/h2-6,9,13,15-16,20,22,25H,7-8,10-12,14H2,1H3,(H2,29,34)/t22-,25-/m0/s1. The maximum atomic E-state index is 15.1. The zero-order valence-electron chi connectivity index (χ0n) is 20.1. The third-order valence-corrected chi connectivity index (χ3v) is 6.46. The first-order valence-corrected chi connectivity index (χ1v) is 12.1. The molecule has 3 aromatic rings. The number of hydrogen-bond donors (Lipinski definition) is 1. The van der Waals surface area contributed by atoms with Crippen molar-refractivity contribution in [2.45, 2.75) is 44.1 Å². The quantitative estimate of drug-likeness (QED) is 0.520. The fourth-order valence-electron chi connectivity index (χ4n) is 4.30. The Morgan fingerprint density at radius 3 is 2.53 bits per heavy atom. The Hall–Kier alpha value is -3.88. The van der Waals surface area contributed by atoms with Crippen molar-refractivity contribution >= 4 is 11.8 Å². The zero-order chi connectivity index (χ0) is 25.2. The van der Waals surface area contributed by atoms with Crippen LogP contribution in [0.1, 0.15) is 35.2 Å². The fourth-order valence-corrected chi connectivity index (χ4v) is 4.30. The van der Waals surface area contributed by atoms with Gasteiger partial charge in [-0.05, 0) is 48.7 Å². The molecule has 5 rings (SSSR count). The maximum Gasteiger partial charge on any atom is 0.252 e. The number of aromatic nitrogens is 2. The highest BCUT2D eigenvalue weighted by molar-refractivity contribution is 5.97. The van der Waals surface area contributed by atoms with E-state index in [9.17, 15) is 9.59 Å². The number of alkyl halides is 1. The van der Waals surface area contributed by atoms with Gasteiger partial charge in [-0.3, -0.25) is 9.59 Å². The van der Waals surface area contributed by atoms with Crippen LogP contribution in [0.25, 0.3) is 11.3 Å². The molecule has 2 fully saturated rings. The van der Waals surface area contributed by atoms with Gasteiger partial charge in [-0.2, -0.15) is 0 Å². The van der Waals surface area contributed by atoms with Gasteiger partial charge in [0.2, 0.25) is 5.91 Å². The monoisotopic (exact) mass is 492 g/mol. The van der Waals surface area contributed by atoms with Crippen LogP contribution in [0, 0.1) is 0 Å². The van der Waals surface area contributed by atoms with Gasteiger partial charge in [-0.1, -0.05) is 12.1 Å². The summed E-state index contributed by atoms with van der Waals surface area (Å²) in [5, 5.41) is 0. The third-order valence-electron chi connectivity index (χ3n) is 6.46. The van der Waals surface area contributed by atoms with Crippen LogP contribution in [0.5, 0.6) is 11.5 Å². The van der Waals surface area contributed by atoms with Crippen molar-refractivity contribution in [3.8, 4) is 22.8 Å². The van der Waals surface area contributed by atoms with E-state index in [2.05, 4.69) is 4.98 Å². The number of carbonyl (C=O) groups excluding carboxylic acids is 2. The van der Waals surface area contributed by atoms with Crippen molar-refractivity contribution in [1.29, 1.82) is 0 Å². The molecule has 8 nitrogen and oxygen atoms in total. The van der Waals surface area contributed by atoms with Gasteiger partial charge < -0.3 is 24.7 Å². The smallest absolute Gasteiger partial charge is 0.252 e. The molecule has 2 amide bonds. The van der Waals surface area contributed by atoms with E-state index < -0.39 is 18.2 Å². The molecule has 0 bridgehead atoms. The summed E-state index contributed by atoms with van der Waals surface area (Å²) in [5.41, 5.74) is 8.00. The fraction of sp³-hybridized carbons (Fsp3) is 0.370. The second kappa shape index (κ2) is 10.0. The van der Waals surface area contributed by atoms with Crippen molar-refractivity contribution in [2.75, 3.05) is 13.1 Å². The summed E-state index contributed by atoms with van der Waals surface area (Å²) in [4.78, 5) is 30.7. The molecule has 0 radical (unpaired) electrons. The number of piperidine rings is 1. The van der Waals surface area contributed by atoms with Crippen molar-refractivity contribution in [3.63, 3.8) is 0 Å². The van der Waals surface area contributed by atoms with Crippen molar-refractivity contribution in [2.24, 2.45) is 12.8 Å². The molecule has 188 valence electrons. The molecule has 1 saturated heterocycles. The van der Waals surface area contributed by atoms with Crippen molar-refractivity contribution in [1.82, 2.24) is 14.5 Å². The minimum Gasteiger partial charge on any atom is -0.490 e. The first-order valence-electron chi connectivity index (χ1n) is 12.1. The molecular formula is C27H29FN4O4. The minimum absolute atomic E-state index is 0.0652. The molecule has 9 heteroatoms. The molecule has 1 saturated carbocycles. The second-order valence-electron chi connectivity index (χ2n) is 9.44. The van der Waals surface area contributed by atoms with Crippen LogP contribution in [-0.2, 0) is 18.3 Å². The number of nitrogens with two attached hydrogens (primary N) is 1. The van der Waals surface area contributed by atoms with E-state index in [-0.39, 0.29) is 30.2 Å². The van der Waals surface area contributed by atoms with Crippen LogP contribution >= 0.6 is 0 Å². The Bertz CT molecular complexity index is 1250. The molecule has 2 heterocycles. The summed E-state index contributed by atoms with van der Waals surface area (Å²) < 4.78 is 28.5. The molecule has 1 aliphatic heterocycles. The van der Waals surface area contributed by atoms with Gasteiger partial charge >= 0.3 is 0 Å². The van der Waals surface area contributed by atoms with E-state index in [4.69, 9.17) is 15.2 Å². The number of benzene rings is 2. The van der Waals surface area contributed by atoms with E-state index in [0.29, 0.717) is 30.3 Å². The first kappa shape index (κ1) is 23.8. The molecule has 2 aromatic carbocycles. The molecule has 36 heavy (non-hydrogen) atoms. The second-order valence-corrected chi connectivity index (χ2v) is 9.44. The number of ether oxygens (including phenoxy) is 2. The maximum absolute atomic E-state index is 15.1. The highest BCUT2D eigenvalue weighted by atomic mass is 19.1. The number of hydrogen-bond acceptors (Lipinski definition) is 5. The Morgan fingerprint density at radius 2 is 1.89 bits per heavy atom. The minimum atomic E-state index is -1.40. The summed E-state index contributed by atoms with van der Waals surface area (Å²) in [7, 11) is 1.85. The Morgan fingerprint density at radius 1 is 1.11 bits per heavy atom. The van der Waals surface area contributed by atoms with E-state index in [1.54, 1.807) is 29.1 Å². The Kier molecular flexibility index (Phi) is 6.63. The molecular weight excluding hydrogens is 463 g/mol. The number of carbonyl (C=O) groups is 2. The van der Waals surface area contributed by atoms with Gasteiger partial charge in [0.25, 0.3) is 5.91 Å². The van der Waals surface area contributed by atoms with Crippen LogP contribution in [-0.4, -0.2) is 57.7 Å². The molecule has 2 atom stereocenters. The number of nitrogens with zero attached hydrogens (tertiary/aromatic N) is 3. The van der Waals surface area contributed by atoms with Gasteiger partial charge in [0.15, 0.2) is 6.17 Å². The lowest BCUT2D eigenvalue weighted by Gasteiger charge is -2.35. The van der Waals surface area contributed by atoms with Crippen molar-refractivity contribution in [3.05, 3.63) is 66.1 Å². The number of primary amides is 1. The molecule has 2 N–H and O–H groups in total. The van der Waals surface area contributed by atoms with Gasteiger partial charge in [0.05, 0.1) is 36.7 Å². The molecule has 0 spiro atoms. The predicted octanol–water partition coefficient (Wildman–Crippen LogP) is 3.29. The average Bonchev–Trinajstić information content (AvgIpc) is 3.58. The Balaban J connectivity index is 1.19. The van der Waals surface area contributed by atoms with E-state index in [0.717, 1.165) is 24.2 Å². The lowest BCUT2D eigenvalue weighted by Crippen LogP contribution is -2.49. The molecule has 1 aromatic heterocycles. The number of halogens is 1. The highest BCUT2D eigenvalue weighted by Crippen LogP contribution is 2.29. The lowest BCUT2D eigenvalue weighted by molar-refractivity contribution is -0.134. The summed E-state index contributed by atoms with van der Waals surface area (Å²) in [6, 6.07) is 12.5. The van der Waals surface area contributed by atoms with Crippen LogP contribution in [0.4, 0.5) is 4.39 Å². The SMILES string of the molecule is Cn1cnc(-c2ccc(O[C@H]3CCN(C(=O)Cc4ccc(OC5CC5)cc4)C[C@@H]3F)c(C(N)=O)c2)c1. The molecule has 1 aliphatic carbocycles. The number of rotatable bonds is 8. The normalized spacial score (nSPS) is 19.7. The van der Waals surface area contributed by atoms with E-state index >= 15 is 4.39 Å². The van der Waals surface area contributed by atoms with Gasteiger partial charge in [0.1, 0.15) is 17.6 Å². The highest BCUT2D eigenvalue weighted by Gasteiger charge is 2.33. The van der Waals surface area contributed by atoms with Crippen LogP contribution < -0.4 is 15.2 Å². The van der Waals surface area contributed by atoms with E-state index in [1.165, 1.54) is 4.90 Å². The van der Waals surface area contributed by atoms with Crippen LogP contribution in [0.15, 0.2) is 55.0 Å². The lowest BCUT2D eigenvalue weighted by atomic mass is 10.0. The topological polar surface area (TPSA) is 99.7 Å². The third kappa shape index (κ3) is 5.50. The first-order chi connectivity index (χ1) is 17.4.